The van der Waals surface area contributed by atoms with Gasteiger partial charge in [-0.3, -0.25) is 4.79 Å². The molecular formula is C16H17ClN2O4. The number of carboxylic acids is 1. The molecule has 0 bridgehead atoms. The Morgan fingerprint density at radius 3 is 2.57 bits per heavy atom. The van der Waals surface area contributed by atoms with E-state index >= 15 is 0 Å². The molecule has 1 aliphatic rings. The molecule has 1 saturated heterocycles. The molecule has 6 nitrogen and oxygen atoms in total. The van der Waals surface area contributed by atoms with Crippen LogP contribution in [0.3, 0.4) is 0 Å². The highest BCUT2D eigenvalue weighted by Gasteiger charge is 2.40. The molecule has 2 aromatic rings. The van der Waals surface area contributed by atoms with Crippen molar-refractivity contribution in [2.75, 3.05) is 13.1 Å². The highest BCUT2D eigenvalue weighted by atomic mass is 35.5. The molecule has 23 heavy (non-hydrogen) atoms. The second-order valence-corrected chi connectivity index (χ2v) is 6.30. The molecule has 122 valence electrons. The number of amides is 1. The van der Waals surface area contributed by atoms with Crippen molar-refractivity contribution < 1.29 is 19.8 Å². The van der Waals surface area contributed by atoms with Gasteiger partial charge in [0.25, 0.3) is 0 Å². The molecule has 1 aliphatic heterocycles. The van der Waals surface area contributed by atoms with Crippen LogP contribution in [0.15, 0.2) is 30.5 Å². The molecule has 0 aliphatic carbocycles. The van der Waals surface area contributed by atoms with Gasteiger partial charge in [-0.15, -0.1) is 0 Å². The number of aliphatic hydroxyl groups is 1. The third kappa shape index (κ3) is 3.04. The maximum absolute atomic E-state index is 12.4. The van der Waals surface area contributed by atoms with Gasteiger partial charge in [0.15, 0.2) is 5.60 Å². The summed E-state index contributed by atoms with van der Waals surface area (Å²) in [6, 6.07) is 7.42. The Hall–Kier alpha value is -2.05. The summed E-state index contributed by atoms with van der Waals surface area (Å²) >= 11 is 6.00. The average molecular weight is 337 g/mol. The summed E-state index contributed by atoms with van der Waals surface area (Å²) in [6.45, 7) is 0.637. The number of hydrogen-bond acceptors (Lipinski definition) is 3. The van der Waals surface area contributed by atoms with Crippen LogP contribution < -0.4 is 0 Å². The monoisotopic (exact) mass is 336 g/mol. The molecule has 0 saturated carbocycles. The van der Waals surface area contributed by atoms with Crippen LogP contribution in [0.4, 0.5) is 0 Å². The maximum Gasteiger partial charge on any atom is 0.335 e. The standard InChI is InChI=1S/C16H17ClN2O4/c17-12-2-1-11-3-6-19(13(11)9-12)10-14(20)18-7-4-16(23,5-8-18)15(21)22/h1-3,6,9,23H,4-5,7-8,10H2,(H,21,22). The van der Waals surface area contributed by atoms with Crippen LogP contribution in [-0.4, -0.2) is 50.2 Å². The average Bonchev–Trinajstić information content (AvgIpc) is 2.90. The summed E-state index contributed by atoms with van der Waals surface area (Å²) in [7, 11) is 0. The second-order valence-electron chi connectivity index (χ2n) is 5.86. The largest absolute Gasteiger partial charge is 0.479 e. The first-order valence-electron chi connectivity index (χ1n) is 7.37. The fraction of sp³-hybridized carbons (Fsp3) is 0.375. The zero-order chi connectivity index (χ0) is 16.6. The first-order valence-corrected chi connectivity index (χ1v) is 7.75. The molecule has 0 unspecified atom stereocenters. The number of piperidine rings is 1. The van der Waals surface area contributed by atoms with E-state index in [1.807, 2.05) is 29.0 Å². The molecule has 2 heterocycles. The summed E-state index contributed by atoms with van der Waals surface area (Å²) in [6.07, 6.45) is 1.93. The second kappa shape index (κ2) is 5.86. The van der Waals surface area contributed by atoms with Crippen molar-refractivity contribution in [1.82, 2.24) is 9.47 Å². The van der Waals surface area contributed by atoms with E-state index in [0.717, 1.165) is 10.9 Å². The number of carboxylic acid groups (broad SMARTS) is 1. The predicted octanol–water partition coefficient (Wildman–Crippen LogP) is 1.73. The summed E-state index contributed by atoms with van der Waals surface area (Å²) in [5.74, 6) is -1.33. The highest BCUT2D eigenvalue weighted by molar-refractivity contribution is 6.31. The first-order chi connectivity index (χ1) is 10.9. The van der Waals surface area contributed by atoms with Crippen molar-refractivity contribution in [1.29, 1.82) is 0 Å². The van der Waals surface area contributed by atoms with Gasteiger partial charge in [-0.2, -0.15) is 0 Å². The minimum atomic E-state index is -1.72. The van der Waals surface area contributed by atoms with Crippen LogP contribution in [-0.2, 0) is 16.1 Å². The lowest BCUT2D eigenvalue weighted by Gasteiger charge is -2.35. The van der Waals surface area contributed by atoms with E-state index < -0.39 is 11.6 Å². The van der Waals surface area contributed by atoms with Gasteiger partial charge in [0, 0.05) is 42.7 Å². The van der Waals surface area contributed by atoms with Gasteiger partial charge in [0.05, 0.1) is 0 Å². The van der Waals surface area contributed by atoms with Crippen LogP contribution in [0.2, 0.25) is 5.02 Å². The van der Waals surface area contributed by atoms with Crippen molar-refractivity contribution in [3.05, 3.63) is 35.5 Å². The topological polar surface area (TPSA) is 82.8 Å². The van der Waals surface area contributed by atoms with Crippen molar-refractivity contribution in [2.24, 2.45) is 0 Å². The number of hydrogen-bond donors (Lipinski definition) is 2. The van der Waals surface area contributed by atoms with Gasteiger partial charge >= 0.3 is 5.97 Å². The number of fused-ring (bicyclic) bond motifs is 1. The quantitative estimate of drug-likeness (QED) is 0.894. The molecular weight excluding hydrogens is 320 g/mol. The molecule has 0 atom stereocenters. The molecule has 1 amide bonds. The number of halogens is 1. The van der Waals surface area contributed by atoms with Crippen molar-refractivity contribution in [3.8, 4) is 0 Å². The minimum Gasteiger partial charge on any atom is -0.479 e. The zero-order valence-corrected chi connectivity index (χ0v) is 13.2. The Labute approximate surface area is 137 Å². The normalized spacial score (nSPS) is 17.4. The molecule has 0 radical (unpaired) electrons. The van der Waals surface area contributed by atoms with Crippen molar-refractivity contribution in [2.45, 2.75) is 25.0 Å². The summed E-state index contributed by atoms with van der Waals surface area (Å²) in [5.41, 5.74) is -0.838. The van der Waals surface area contributed by atoms with Gasteiger partial charge in [-0.05, 0) is 23.6 Å². The van der Waals surface area contributed by atoms with E-state index in [1.165, 1.54) is 0 Å². The fourth-order valence-corrected chi connectivity index (χ4v) is 3.05. The molecule has 2 N–H and O–H groups in total. The van der Waals surface area contributed by atoms with Gasteiger partial charge in [-0.25, -0.2) is 4.79 Å². The Morgan fingerprint density at radius 1 is 1.22 bits per heavy atom. The van der Waals surface area contributed by atoms with E-state index in [1.54, 1.807) is 11.0 Å². The summed E-state index contributed by atoms with van der Waals surface area (Å²) < 4.78 is 1.82. The third-order valence-electron chi connectivity index (χ3n) is 4.38. The third-order valence-corrected chi connectivity index (χ3v) is 4.62. The van der Waals surface area contributed by atoms with Gasteiger partial charge in [0.1, 0.15) is 6.54 Å². The molecule has 1 fully saturated rings. The molecule has 7 heteroatoms. The summed E-state index contributed by atoms with van der Waals surface area (Å²) in [5, 5.41) is 20.5. The van der Waals surface area contributed by atoms with Crippen molar-refractivity contribution >= 4 is 34.4 Å². The summed E-state index contributed by atoms with van der Waals surface area (Å²) in [4.78, 5) is 25.0. The Morgan fingerprint density at radius 2 is 1.91 bits per heavy atom. The highest BCUT2D eigenvalue weighted by Crippen LogP contribution is 2.24. The lowest BCUT2D eigenvalue weighted by atomic mass is 9.91. The Bertz CT molecular complexity index is 763. The van der Waals surface area contributed by atoms with E-state index in [0.29, 0.717) is 5.02 Å². The van der Waals surface area contributed by atoms with Crippen LogP contribution in [0.1, 0.15) is 12.8 Å². The van der Waals surface area contributed by atoms with E-state index in [4.69, 9.17) is 16.7 Å². The van der Waals surface area contributed by atoms with Crippen LogP contribution in [0.25, 0.3) is 10.9 Å². The van der Waals surface area contributed by atoms with Crippen LogP contribution in [0.5, 0.6) is 0 Å². The van der Waals surface area contributed by atoms with Crippen LogP contribution in [0, 0.1) is 0 Å². The van der Waals surface area contributed by atoms with Crippen molar-refractivity contribution in [3.63, 3.8) is 0 Å². The van der Waals surface area contributed by atoms with E-state index in [-0.39, 0.29) is 38.4 Å². The van der Waals surface area contributed by atoms with E-state index in [2.05, 4.69) is 0 Å². The lowest BCUT2D eigenvalue weighted by Crippen LogP contribution is -2.51. The lowest BCUT2D eigenvalue weighted by molar-refractivity contribution is -0.165. The number of benzene rings is 1. The first kappa shape index (κ1) is 15.8. The molecule has 1 aromatic carbocycles. The fourth-order valence-electron chi connectivity index (χ4n) is 2.88. The zero-order valence-electron chi connectivity index (χ0n) is 12.4. The number of aromatic nitrogens is 1. The number of aliphatic carboxylic acids is 1. The molecule has 3 rings (SSSR count). The Kier molecular flexibility index (Phi) is 4.04. The number of carbonyl (C=O) groups excluding carboxylic acids is 1. The van der Waals surface area contributed by atoms with Gasteiger partial charge in [-0.1, -0.05) is 17.7 Å². The SMILES string of the molecule is O=C(Cn1ccc2ccc(Cl)cc21)N1CCC(O)(C(=O)O)CC1. The predicted molar refractivity (Wildman–Crippen MR) is 85.3 cm³/mol. The molecule has 0 spiro atoms. The number of rotatable bonds is 3. The number of nitrogens with zero attached hydrogens (tertiary/aromatic N) is 2. The van der Waals surface area contributed by atoms with Gasteiger partial charge in [0.2, 0.25) is 5.91 Å². The smallest absolute Gasteiger partial charge is 0.335 e. The number of likely N-dealkylation sites (tertiary alicyclic amines) is 1. The minimum absolute atomic E-state index is 0.0479. The maximum atomic E-state index is 12.4. The Balaban J connectivity index is 1.70. The molecule has 1 aromatic heterocycles. The van der Waals surface area contributed by atoms with E-state index in [9.17, 15) is 14.7 Å². The number of carbonyl (C=O) groups is 2. The van der Waals surface area contributed by atoms with Crippen LogP contribution >= 0.6 is 11.6 Å². The van der Waals surface area contributed by atoms with Gasteiger partial charge < -0.3 is 19.7 Å².